The Balaban J connectivity index is 2.31. The molecule has 0 aliphatic carbocycles. The van der Waals surface area contributed by atoms with Crippen molar-refractivity contribution in [3.05, 3.63) is 65.5 Å². The lowest BCUT2D eigenvalue weighted by Gasteiger charge is -2.05. The Morgan fingerprint density at radius 3 is 2.50 bits per heavy atom. The van der Waals surface area contributed by atoms with Crippen LogP contribution in [0.2, 0.25) is 0 Å². The van der Waals surface area contributed by atoms with Crippen molar-refractivity contribution < 1.29 is 9.90 Å². The second-order valence-electron chi connectivity index (χ2n) is 3.49. The zero-order chi connectivity index (χ0) is 11.4. The minimum Gasteiger partial charge on any atom is -0.478 e. The summed E-state index contributed by atoms with van der Waals surface area (Å²) in [7, 11) is 0. The number of hydrogen-bond donors (Lipinski definition) is 1. The molecule has 80 valence electrons. The Labute approximate surface area is 93.4 Å². The Kier molecular flexibility index (Phi) is 2.96. The van der Waals surface area contributed by atoms with Crippen LogP contribution in [0, 0.1) is 0 Å². The van der Waals surface area contributed by atoms with Crippen LogP contribution in [-0.2, 0) is 6.42 Å². The molecule has 0 saturated carbocycles. The summed E-state index contributed by atoms with van der Waals surface area (Å²) < 4.78 is 0. The zero-order valence-corrected chi connectivity index (χ0v) is 8.63. The number of aromatic carboxylic acids is 1. The van der Waals surface area contributed by atoms with Gasteiger partial charge in [-0.15, -0.1) is 0 Å². The number of pyridine rings is 1. The van der Waals surface area contributed by atoms with Gasteiger partial charge in [-0.3, -0.25) is 4.98 Å². The van der Waals surface area contributed by atoms with E-state index in [2.05, 4.69) is 4.98 Å². The number of carboxylic acid groups (broad SMARTS) is 1. The molecule has 1 aromatic heterocycles. The van der Waals surface area contributed by atoms with E-state index in [4.69, 9.17) is 5.11 Å². The molecule has 0 atom stereocenters. The Hall–Kier alpha value is -2.16. The van der Waals surface area contributed by atoms with Gasteiger partial charge in [0.15, 0.2) is 0 Å². The number of carbonyl (C=O) groups is 1. The van der Waals surface area contributed by atoms with Crippen molar-refractivity contribution in [1.29, 1.82) is 0 Å². The summed E-state index contributed by atoms with van der Waals surface area (Å²) in [5.41, 5.74) is 2.24. The smallest absolute Gasteiger partial charge is 0.335 e. The van der Waals surface area contributed by atoms with Crippen LogP contribution in [0.1, 0.15) is 21.5 Å². The minimum absolute atomic E-state index is 0.360. The lowest BCUT2D eigenvalue weighted by Crippen LogP contribution is -2.02. The number of hydrogen-bond acceptors (Lipinski definition) is 2. The Bertz CT molecular complexity index is 494. The van der Waals surface area contributed by atoms with Gasteiger partial charge in [-0.05, 0) is 35.7 Å². The highest BCUT2D eigenvalue weighted by molar-refractivity contribution is 5.89. The maximum Gasteiger partial charge on any atom is 0.335 e. The van der Waals surface area contributed by atoms with E-state index in [1.165, 1.54) is 0 Å². The maximum atomic E-state index is 11.0. The second kappa shape index (κ2) is 4.57. The highest BCUT2D eigenvalue weighted by Crippen LogP contribution is 2.13. The van der Waals surface area contributed by atoms with E-state index in [0.717, 1.165) is 11.1 Å². The van der Waals surface area contributed by atoms with Gasteiger partial charge in [-0.25, -0.2) is 4.79 Å². The molecule has 0 aliphatic heterocycles. The van der Waals surface area contributed by atoms with Gasteiger partial charge in [0, 0.05) is 12.4 Å². The summed E-state index contributed by atoms with van der Waals surface area (Å²) in [6.45, 7) is 0. The van der Waals surface area contributed by atoms with Crippen LogP contribution < -0.4 is 0 Å². The van der Waals surface area contributed by atoms with Crippen molar-refractivity contribution in [3.63, 3.8) is 0 Å². The van der Waals surface area contributed by atoms with Gasteiger partial charge in [0.2, 0.25) is 0 Å². The van der Waals surface area contributed by atoms with E-state index in [9.17, 15) is 4.79 Å². The Morgan fingerprint density at radius 1 is 1.12 bits per heavy atom. The van der Waals surface area contributed by atoms with Crippen LogP contribution in [-0.4, -0.2) is 16.1 Å². The quantitative estimate of drug-likeness (QED) is 0.851. The first-order valence-corrected chi connectivity index (χ1v) is 4.97. The predicted molar refractivity (Wildman–Crippen MR) is 60.4 cm³/mol. The molecule has 0 amide bonds. The monoisotopic (exact) mass is 213 g/mol. The molecule has 0 spiro atoms. The van der Waals surface area contributed by atoms with E-state index < -0.39 is 5.97 Å². The summed E-state index contributed by atoms with van der Waals surface area (Å²) in [6.07, 6.45) is 4.03. The molecule has 3 nitrogen and oxygen atoms in total. The lowest BCUT2D eigenvalue weighted by molar-refractivity contribution is 0.0696. The molecule has 1 heterocycles. The maximum absolute atomic E-state index is 11.0. The molecule has 1 N–H and O–H groups in total. The summed E-state index contributed by atoms with van der Waals surface area (Å²) >= 11 is 0. The molecule has 2 rings (SSSR count). The molecule has 0 radical (unpaired) electrons. The molecular formula is C13H11NO2. The largest absolute Gasteiger partial charge is 0.478 e. The van der Waals surface area contributed by atoms with Crippen molar-refractivity contribution >= 4 is 5.97 Å². The SMILES string of the molecule is O=C(O)c1ccccc1Cc1ccncc1. The highest BCUT2D eigenvalue weighted by Gasteiger charge is 2.08. The predicted octanol–water partition coefficient (Wildman–Crippen LogP) is 2.37. The van der Waals surface area contributed by atoms with Crippen LogP contribution in [0.15, 0.2) is 48.8 Å². The molecular weight excluding hydrogens is 202 g/mol. The van der Waals surface area contributed by atoms with Crippen LogP contribution in [0.3, 0.4) is 0 Å². The van der Waals surface area contributed by atoms with Gasteiger partial charge in [-0.1, -0.05) is 18.2 Å². The van der Waals surface area contributed by atoms with Gasteiger partial charge < -0.3 is 5.11 Å². The van der Waals surface area contributed by atoms with Crippen molar-refractivity contribution in [2.45, 2.75) is 6.42 Å². The van der Waals surface area contributed by atoms with E-state index in [1.54, 1.807) is 24.5 Å². The van der Waals surface area contributed by atoms with Crippen molar-refractivity contribution in [1.82, 2.24) is 4.98 Å². The zero-order valence-electron chi connectivity index (χ0n) is 8.63. The molecule has 0 fully saturated rings. The van der Waals surface area contributed by atoms with E-state index >= 15 is 0 Å². The van der Waals surface area contributed by atoms with Crippen LogP contribution in [0.25, 0.3) is 0 Å². The molecule has 16 heavy (non-hydrogen) atoms. The minimum atomic E-state index is -0.885. The summed E-state index contributed by atoms with van der Waals surface area (Å²) in [5.74, 6) is -0.885. The first kappa shape index (κ1) is 10.4. The van der Waals surface area contributed by atoms with E-state index in [-0.39, 0.29) is 0 Å². The summed E-state index contributed by atoms with van der Waals surface area (Å²) in [4.78, 5) is 14.9. The topological polar surface area (TPSA) is 50.2 Å². The Morgan fingerprint density at radius 2 is 1.81 bits per heavy atom. The second-order valence-corrected chi connectivity index (χ2v) is 3.49. The number of nitrogens with zero attached hydrogens (tertiary/aromatic N) is 1. The third-order valence-corrected chi connectivity index (χ3v) is 2.39. The molecule has 0 unspecified atom stereocenters. The molecule has 0 bridgehead atoms. The average Bonchev–Trinajstić information content (AvgIpc) is 2.31. The van der Waals surface area contributed by atoms with Crippen molar-refractivity contribution in [2.24, 2.45) is 0 Å². The van der Waals surface area contributed by atoms with E-state index in [0.29, 0.717) is 12.0 Å². The van der Waals surface area contributed by atoms with Crippen molar-refractivity contribution in [2.75, 3.05) is 0 Å². The highest BCUT2D eigenvalue weighted by atomic mass is 16.4. The van der Waals surface area contributed by atoms with Crippen LogP contribution in [0.4, 0.5) is 0 Å². The third kappa shape index (κ3) is 2.25. The fraction of sp³-hybridized carbons (Fsp3) is 0.0769. The van der Waals surface area contributed by atoms with Gasteiger partial charge in [0.25, 0.3) is 0 Å². The third-order valence-electron chi connectivity index (χ3n) is 2.39. The fourth-order valence-electron chi connectivity index (χ4n) is 1.60. The van der Waals surface area contributed by atoms with Gasteiger partial charge in [0.1, 0.15) is 0 Å². The van der Waals surface area contributed by atoms with Crippen LogP contribution in [0.5, 0.6) is 0 Å². The summed E-state index contributed by atoms with van der Waals surface area (Å²) in [6, 6.07) is 10.8. The number of benzene rings is 1. The molecule has 1 aromatic carbocycles. The van der Waals surface area contributed by atoms with Gasteiger partial charge in [-0.2, -0.15) is 0 Å². The fourth-order valence-corrected chi connectivity index (χ4v) is 1.60. The summed E-state index contributed by atoms with van der Waals surface area (Å²) in [5, 5.41) is 9.03. The normalized spacial score (nSPS) is 10.0. The number of carboxylic acids is 1. The first-order valence-electron chi connectivity index (χ1n) is 4.97. The standard InChI is InChI=1S/C13H11NO2/c15-13(16)12-4-2-1-3-11(12)9-10-5-7-14-8-6-10/h1-8H,9H2,(H,15,16). The molecule has 0 saturated heterocycles. The van der Waals surface area contributed by atoms with Crippen LogP contribution >= 0.6 is 0 Å². The lowest BCUT2D eigenvalue weighted by atomic mass is 10.0. The molecule has 2 aromatic rings. The van der Waals surface area contributed by atoms with Crippen molar-refractivity contribution in [3.8, 4) is 0 Å². The van der Waals surface area contributed by atoms with Gasteiger partial charge >= 0.3 is 5.97 Å². The number of rotatable bonds is 3. The number of aromatic nitrogens is 1. The van der Waals surface area contributed by atoms with Gasteiger partial charge in [0.05, 0.1) is 5.56 Å². The average molecular weight is 213 g/mol. The first-order chi connectivity index (χ1) is 7.77. The molecule has 0 aliphatic rings. The molecule has 3 heteroatoms. The van der Waals surface area contributed by atoms with E-state index in [1.807, 2.05) is 24.3 Å².